The van der Waals surface area contributed by atoms with Crippen molar-refractivity contribution in [3.63, 3.8) is 0 Å². The van der Waals surface area contributed by atoms with Crippen molar-refractivity contribution in [2.24, 2.45) is 5.92 Å². The van der Waals surface area contributed by atoms with Crippen LogP contribution in [0.1, 0.15) is 48.2 Å². The van der Waals surface area contributed by atoms with Gasteiger partial charge in [0, 0.05) is 6.54 Å². The number of carbonyl (C=O) groups is 1. The van der Waals surface area contributed by atoms with Gasteiger partial charge in [0.05, 0.1) is 5.56 Å². The third-order valence-corrected chi connectivity index (χ3v) is 5.15. The number of hydrogen-bond acceptors (Lipinski definition) is 4. The average molecular weight is 407 g/mol. The highest BCUT2D eigenvalue weighted by atomic mass is 19.1. The van der Waals surface area contributed by atoms with E-state index in [9.17, 15) is 9.18 Å². The molecular weight excluding hydrogens is 381 g/mol. The van der Waals surface area contributed by atoms with E-state index in [0.717, 1.165) is 23.1 Å². The Labute approximate surface area is 176 Å². The second kappa shape index (κ2) is 9.39. The summed E-state index contributed by atoms with van der Waals surface area (Å²) >= 11 is 0. The highest BCUT2D eigenvalue weighted by Crippen LogP contribution is 2.34. The van der Waals surface area contributed by atoms with E-state index in [0.29, 0.717) is 18.4 Å². The van der Waals surface area contributed by atoms with Crippen LogP contribution in [0.5, 0.6) is 11.5 Å². The second-order valence-corrected chi connectivity index (χ2v) is 7.57. The number of halogens is 1. The monoisotopic (exact) mass is 407 g/mol. The molecule has 0 bridgehead atoms. The molecule has 0 aliphatic carbocycles. The minimum atomic E-state index is -0.719. The number of nitrogens with two attached hydrogens (primary N) is 1. The van der Waals surface area contributed by atoms with Crippen molar-refractivity contribution in [2.75, 3.05) is 5.73 Å². The number of para-hydroxylation sites is 1. The summed E-state index contributed by atoms with van der Waals surface area (Å²) in [6.45, 7) is 6.89. The minimum Gasteiger partial charge on any atom is -0.457 e. The van der Waals surface area contributed by atoms with Crippen LogP contribution in [0.4, 0.5) is 10.2 Å². The maximum absolute atomic E-state index is 13.0. The van der Waals surface area contributed by atoms with E-state index in [2.05, 4.69) is 37.1 Å². The van der Waals surface area contributed by atoms with E-state index in [-0.39, 0.29) is 11.4 Å². The normalized spacial score (nSPS) is 11.9. The molecule has 0 saturated carbocycles. The quantitative estimate of drug-likeness (QED) is 0.522. The molecule has 3 aromatic rings. The van der Waals surface area contributed by atoms with Gasteiger partial charge in [-0.25, -0.2) is 4.98 Å². The summed E-state index contributed by atoms with van der Waals surface area (Å²) in [4.78, 5) is 15.7. The number of benzene rings is 2. The minimum absolute atomic E-state index is 0.134. The van der Waals surface area contributed by atoms with Gasteiger partial charge < -0.3 is 15.8 Å². The second-order valence-electron chi connectivity index (χ2n) is 7.57. The molecule has 0 saturated heterocycles. The molecule has 0 aliphatic heterocycles. The number of hydrogen-bond donors (Lipinski definition) is 2. The van der Waals surface area contributed by atoms with Crippen LogP contribution >= 0.6 is 0 Å². The molecule has 30 heavy (non-hydrogen) atoms. The van der Waals surface area contributed by atoms with Gasteiger partial charge in [0.1, 0.15) is 17.3 Å². The fourth-order valence-electron chi connectivity index (χ4n) is 3.03. The molecule has 0 fully saturated rings. The number of nitrogen functional groups attached to an aromatic ring is 1. The molecule has 0 radical (unpaired) electrons. The van der Waals surface area contributed by atoms with Crippen LogP contribution < -0.4 is 15.8 Å². The summed E-state index contributed by atoms with van der Waals surface area (Å²) < 4.78 is 19.1. The fourth-order valence-corrected chi connectivity index (χ4v) is 3.03. The zero-order valence-corrected chi connectivity index (χ0v) is 17.4. The Morgan fingerprint density at radius 3 is 2.43 bits per heavy atom. The summed E-state index contributed by atoms with van der Waals surface area (Å²) in [7, 11) is 0. The van der Waals surface area contributed by atoms with Crippen molar-refractivity contribution in [1.29, 1.82) is 0 Å². The lowest BCUT2D eigenvalue weighted by Crippen LogP contribution is -2.24. The highest BCUT2D eigenvalue weighted by Gasteiger charge is 2.15. The first kappa shape index (κ1) is 21.3. The van der Waals surface area contributed by atoms with Crippen LogP contribution in [0.25, 0.3) is 0 Å². The largest absolute Gasteiger partial charge is 0.457 e. The van der Waals surface area contributed by atoms with Crippen LogP contribution in [-0.2, 0) is 6.54 Å². The lowest BCUT2D eigenvalue weighted by atomic mass is 9.90. The number of amides is 1. The number of anilines is 1. The molecule has 5 nitrogen and oxygen atoms in total. The van der Waals surface area contributed by atoms with E-state index in [1.165, 1.54) is 11.6 Å². The standard InChI is InChI=1S/C24H26FN3O2/c1-15(2)16(3)19-6-4-5-7-21(19)30-18-10-8-17(9-11-18)14-27-24(29)20-12-13-22(25)28-23(20)26/h4-13,15-16H,14H2,1-3H3,(H2,26,28)(H,27,29). The third-order valence-electron chi connectivity index (χ3n) is 5.15. The molecule has 1 aromatic heterocycles. The van der Waals surface area contributed by atoms with E-state index < -0.39 is 11.9 Å². The van der Waals surface area contributed by atoms with Gasteiger partial charge in [-0.2, -0.15) is 4.39 Å². The topological polar surface area (TPSA) is 77.2 Å². The van der Waals surface area contributed by atoms with Crippen molar-refractivity contribution in [1.82, 2.24) is 10.3 Å². The van der Waals surface area contributed by atoms with Gasteiger partial charge >= 0.3 is 0 Å². The van der Waals surface area contributed by atoms with Gasteiger partial charge in [-0.05, 0) is 53.3 Å². The lowest BCUT2D eigenvalue weighted by molar-refractivity contribution is 0.0951. The lowest BCUT2D eigenvalue weighted by Gasteiger charge is -2.19. The summed E-state index contributed by atoms with van der Waals surface area (Å²) in [6, 6.07) is 18.0. The summed E-state index contributed by atoms with van der Waals surface area (Å²) in [5, 5.41) is 2.76. The zero-order valence-electron chi connectivity index (χ0n) is 17.4. The Bertz CT molecular complexity index is 1020. The van der Waals surface area contributed by atoms with Gasteiger partial charge in [-0.15, -0.1) is 0 Å². The van der Waals surface area contributed by atoms with Crippen LogP contribution in [0, 0.1) is 11.9 Å². The fraction of sp³-hybridized carbons (Fsp3) is 0.250. The van der Waals surface area contributed by atoms with Gasteiger partial charge in [0.25, 0.3) is 5.91 Å². The Hall–Kier alpha value is -3.41. The third kappa shape index (κ3) is 5.14. The molecular formula is C24H26FN3O2. The number of nitrogens with one attached hydrogen (secondary N) is 1. The zero-order chi connectivity index (χ0) is 21.7. The smallest absolute Gasteiger partial charge is 0.255 e. The Morgan fingerprint density at radius 1 is 1.07 bits per heavy atom. The maximum atomic E-state index is 13.0. The molecule has 1 heterocycles. The SMILES string of the molecule is CC(C)C(C)c1ccccc1Oc1ccc(CNC(=O)c2ccc(F)nc2N)cc1. The maximum Gasteiger partial charge on any atom is 0.255 e. The first-order chi connectivity index (χ1) is 14.3. The number of pyridine rings is 1. The van der Waals surface area contributed by atoms with Crippen LogP contribution in [0.15, 0.2) is 60.7 Å². The Balaban J connectivity index is 1.64. The molecule has 6 heteroatoms. The van der Waals surface area contributed by atoms with E-state index in [4.69, 9.17) is 10.5 Å². The van der Waals surface area contributed by atoms with Crippen molar-refractivity contribution >= 4 is 11.7 Å². The number of carbonyl (C=O) groups excluding carboxylic acids is 1. The molecule has 3 rings (SSSR count). The molecule has 1 amide bonds. The highest BCUT2D eigenvalue weighted by molar-refractivity contribution is 5.98. The molecule has 1 unspecified atom stereocenters. The van der Waals surface area contributed by atoms with Gasteiger partial charge in [0.15, 0.2) is 0 Å². The van der Waals surface area contributed by atoms with Gasteiger partial charge in [-0.3, -0.25) is 4.79 Å². The van der Waals surface area contributed by atoms with Crippen LogP contribution in [0.2, 0.25) is 0 Å². The Kier molecular flexibility index (Phi) is 6.67. The van der Waals surface area contributed by atoms with Crippen molar-refractivity contribution < 1.29 is 13.9 Å². The van der Waals surface area contributed by atoms with Gasteiger partial charge in [0.2, 0.25) is 5.95 Å². The van der Waals surface area contributed by atoms with Crippen molar-refractivity contribution in [2.45, 2.75) is 33.2 Å². The number of rotatable bonds is 7. The first-order valence-corrected chi connectivity index (χ1v) is 9.91. The number of ether oxygens (including phenoxy) is 1. The summed E-state index contributed by atoms with van der Waals surface area (Å²) in [6.07, 6.45) is 0. The first-order valence-electron chi connectivity index (χ1n) is 9.91. The number of nitrogens with zero attached hydrogens (tertiary/aromatic N) is 1. The molecule has 0 aliphatic rings. The molecule has 0 spiro atoms. The Morgan fingerprint density at radius 2 is 1.77 bits per heavy atom. The van der Waals surface area contributed by atoms with E-state index in [1.54, 1.807) is 0 Å². The van der Waals surface area contributed by atoms with Crippen LogP contribution in [0.3, 0.4) is 0 Å². The molecule has 2 aromatic carbocycles. The van der Waals surface area contributed by atoms with Crippen molar-refractivity contribution in [3.8, 4) is 11.5 Å². The summed E-state index contributed by atoms with van der Waals surface area (Å²) in [5.74, 6) is 1.20. The number of aromatic nitrogens is 1. The average Bonchev–Trinajstić information content (AvgIpc) is 2.73. The predicted molar refractivity (Wildman–Crippen MR) is 116 cm³/mol. The summed E-state index contributed by atoms with van der Waals surface area (Å²) in [5.41, 5.74) is 7.83. The van der Waals surface area contributed by atoms with Crippen LogP contribution in [-0.4, -0.2) is 10.9 Å². The van der Waals surface area contributed by atoms with Gasteiger partial charge in [-0.1, -0.05) is 51.1 Å². The van der Waals surface area contributed by atoms with Crippen molar-refractivity contribution in [3.05, 3.63) is 83.3 Å². The molecule has 3 N–H and O–H groups in total. The predicted octanol–water partition coefficient (Wildman–Crippen LogP) is 5.28. The molecule has 156 valence electrons. The molecule has 1 atom stereocenters. The van der Waals surface area contributed by atoms with E-state index >= 15 is 0 Å². The van der Waals surface area contributed by atoms with E-state index in [1.807, 2.05) is 42.5 Å².